The van der Waals surface area contributed by atoms with Gasteiger partial charge in [-0.15, -0.1) is 0 Å². The van der Waals surface area contributed by atoms with Crippen molar-refractivity contribution in [2.24, 2.45) is 0 Å². The van der Waals surface area contributed by atoms with E-state index in [0.717, 1.165) is 6.07 Å². The number of rotatable bonds is 1. The average molecular weight is 214 g/mol. The van der Waals surface area contributed by atoms with E-state index in [9.17, 15) is 8.78 Å². The summed E-state index contributed by atoms with van der Waals surface area (Å²) in [5.41, 5.74) is -0.625. The lowest BCUT2D eigenvalue weighted by molar-refractivity contribution is 0.146. The molecule has 0 amide bonds. The second-order valence-corrected chi connectivity index (χ2v) is 2.73. The zero-order valence-electron chi connectivity index (χ0n) is 5.56. The fourth-order valence-electron chi connectivity index (χ4n) is 0.623. The highest BCUT2D eigenvalue weighted by molar-refractivity contribution is 6.33. The average Bonchev–Trinajstić information content (AvgIpc) is 1.96. The number of aromatic hydroxyl groups is 1. The minimum absolute atomic E-state index is 0.299. The highest BCUT2D eigenvalue weighted by Crippen LogP contribution is 2.31. The first-order chi connectivity index (χ1) is 5.52. The highest BCUT2D eigenvalue weighted by atomic mass is 35.5. The van der Waals surface area contributed by atoms with Crippen LogP contribution in [0, 0.1) is 0 Å². The quantitative estimate of drug-likeness (QED) is 0.728. The molecule has 0 saturated carbocycles. The predicted octanol–water partition coefficient (Wildman–Crippen LogP) is 3.03. The molecule has 1 aromatic heterocycles. The Balaban J connectivity index is 3.23. The molecule has 0 atom stereocenters. The normalized spacial score (nSPS) is 10.8. The van der Waals surface area contributed by atoms with Gasteiger partial charge in [-0.1, -0.05) is 23.2 Å². The van der Waals surface area contributed by atoms with Crippen LogP contribution in [-0.4, -0.2) is 10.1 Å². The third-order valence-electron chi connectivity index (χ3n) is 1.14. The third-order valence-corrected chi connectivity index (χ3v) is 1.73. The van der Waals surface area contributed by atoms with Crippen molar-refractivity contribution in [1.82, 2.24) is 4.98 Å². The zero-order valence-corrected chi connectivity index (χ0v) is 7.07. The minimum Gasteiger partial charge on any atom is -0.505 e. The Morgan fingerprint density at radius 3 is 2.50 bits per heavy atom. The van der Waals surface area contributed by atoms with Crippen LogP contribution in [-0.2, 0) is 0 Å². The van der Waals surface area contributed by atoms with E-state index < -0.39 is 17.9 Å². The highest BCUT2D eigenvalue weighted by Gasteiger charge is 2.16. The van der Waals surface area contributed by atoms with E-state index in [0.29, 0.717) is 0 Å². The van der Waals surface area contributed by atoms with Gasteiger partial charge in [0.15, 0.2) is 10.9 Å². The molecule has 0 bridgehead atoms. The van der Waals surface area contributed by atoms with E-state index >= 15 is 0 Å². The van der Waals surface area contributed by atoms with Crippen LogP contribution in [0.1, 0.15) is 12.1 Å². The zero-order chi connectivity index (χ0) is 9.30. The number of nitrogens with zero attached hydrogens (tertiary/aromatic N) is 1. The molecule has 12 heavy (non-hydrogen) atoms. The summed E-state index contributed by atoms with van der Waals surface area (Å²) in [6, 6.07) is 0.929. The van der Waals surface area contributed by atoms with Gasteiger partial charge in [0.25, 0.3) is 6.43 Å². The molecular weight excluding hydrogens is 211 g/mol. The first-order valence-electron chi connectivity index (χ1n) is 2.85. The van der Waals surface area contributed by atoms with Crippen molar-refractivity contribution < 1.29 is 13.9 Å². The van der Waals surface area contributed by atoms with E-state index in [2.05, 4.69) is 4.98 Å². The van der Waals surface area contributed by atoms with Crippen molar-refractivity contribution in [2.45, 2.75) is 6.43 Å². The molecule has 0 aliphatic rings. The molecule has 0 aliphatic carbocycles. The lowest BCUT2D eigenvalue weighted by Crippen LogP contribution is -1.91. The third kappa shape index (κ3) is 1.76. The summed E-state index contributed by atoms with van der Waals surface area (Å²) < 4.78 is 24.1. The number of halogens is 4. The van der Waals surface area contributed by atoms with E-state index in [1.807, 2.05) is 0 Å². The summed E-state index contributed by atoms with van der Waals surface area (Å²) >= 11 is 10.6. The Labute approximate surface area is 76.7 Å². The van der Waals surface area contributed by atoms with Gasteiger partial charge in [-0.3, -0.25) is 0 Å². The molecular formula is C6H3Cl2F2NO. The molecule has 0 unspecified atom stereocenters. The SMILES string of the molecule is Oc1cc(Cl)c(C(F)F)nc1Cl. The number of hydrogen-bond acceptors (Lipinski definition) is 2. The summed E-state index contributed by atoms with van der Waals surface area (Å²) in [5, 5.41) is 8.20. The predicted molar refractivity (Wildman–Crippen MR) is 40.9 cm³/mol. The van der Waals surface area contributed by atoms with Crippen molar-refractivity contribution in [3.8, 4) is 5.75 Å². The molecule has 2 nitrogen and oxygen atoms in total. The molecule has 6 heteroatoms. The Bertz CT molecular complexity index is 306. The molecule has 1 N–H and O–H groups in total. The smallest absolute Gasteiger partial charge is 0.281 e. The van der Waals surface area contributed by atoms with Crippen LogP contribution in [0.3, 0.4) is 0 Å². The van der Waals surface area contributed by atoms with Gasteiger partial charge in [-0.05, 0) is 0 Å². The molecule has 0 spiro atoms. The van der Waals surface area contributed by atoms with Crippen LogP contribution in [0.2, 0.25) is 10.2 Å². The van der Waals surface area contributed by atoms with Crippen molar-refractivity contribution in [1.29, 1.82) is 0 Å². The molecule has 0 aromatic carbocycles. The number of hydrogen-bond donors (Lipinski definition) is 1. The topological polar surface area (TPSA) is 33.1 Å². The monoisotopic (exact) mass is 213 g/mol. The summed E-state index contributed by atoms with van der Waals surface area (Å²) in [5.74, 6) is -0.411. The van der Waals surface area contributed by atoms with Gasteiger partial charge >= 0.3 is 0 Å². The van der Waals surface area contributed by atoms with Gasteiger partial charge in [0.1, 0.15) is 5.69 Å². The van der Waals surface area contributed by atoms with E-state index in [4.69, 9.17) is 28.3 Å². The van der Waals surface area contributed by atoms with Crippen LogP contribution in [0.15, 0.2) is 6.07 Å². The lowest BCUT2D eigenvalue weighted by Gasteiger charge is -2.03. The molecule has 0 aliphatic heterocycles. The van der Waals surface area contributed by atoms with E-state index in [-0.39, 0.29) is 10.2 Å². The van der Waals surface area contributed by atoms with Crippen molar-refractivity contribution in [2.75, 3.05) is 0 Å². The number of aromatic nitrogens is 1. The fraction of sp³-hybridized carbons (Fsp3) is 0.167. The maximum absolute atomic E-state index is 12.1. The van der Waals surface area contributed by atoms with Gasteiger partial charge in [-0.25, -0.2) is 13.8 Å². The molecule has 0 fully saturated rings. The molecule has 0 radical (unpaired) electrons. The van der Waals surface area contributed by atoms with Gasteiger partial charge in [-0.2, -0.15) is 0 Å². The second kappa shape index (κ2) is 3.41. The Kier molecular flexibility index (Phi) is 2.69. The number of alkyl halides is 2. The van der Waals surface area contributed by atoms with Crippen LogP contribution >= 0.6 is 23.2 Å². The van der Waals surface area contributed by atoms with Crippen molar-refractivity contribution in [3.63, 3.8) is 0 Å². The maximum Gasteiger partial charge on any atom is 0.281 e. The van der Waals surface area contributed by atoms with E-state index in [1.165, 1.54) is 0 Å². The standard InChI is InChI=1S/C6H3Cl2F2NO/c7-2-1-3(12)5(8)11-4(2)6(9)10/h1,6,12H. The van der Waals surface area contributed by atoms with Gasteiger partial charge in [0.2, 0.25) is 0 Å². The summed E-state index contributed by atoms with van der Waals surface area (Å²) in [6.07, 6.45) is -2.80. The molecule has 66 valence electrons. The van der Waals surface area contributed by atoms with E-state index in [1.54, 1.807) is 0 Å². The van der Waals surface area contributed by atoms with Crippen LogP contribution < -0.4 is 0 Å². The summed E-state index contributed by atoms with van der Waals surface area (Å²) in [6.45, 7) is 0. The second-order valence-electron chi connectivity index (χ2n) is 1.97. The van der Waals surface area contributed by atoms with Crippen molar-refractivity contribution in [3.05, 3.63) is 21.9 Å². The molecule has 1 aromatic rings. The van der Waals surface area contributed by atoms with Gasteiger partial charge in [0, 0.05) is 6.07 Å². The van der Waals surface area contributed by atoms with Gasteiger partial charge in [0.05, 0.1) is 5.02 Å². The summed E-state index contributed by atoms with van der Waals surface area (Å²) in [4.78, 5) is 3.21. The molecule has 1 heterocycles. The van der Waals surface area contributed by atoms with Crippen LogP contribution in [0.5, 0.6) is 5.75 Å². The largest absolute Gasteiger partial charge is 0.505 e. The fourth-order valence-corrected chi connectivity index (χ4v) is 0.997. The molecule has 0 saturated heterocycles. The van der Waals surface area contributed by atoms with Crippen LogP contribution in [0.4, 0.5) is 8.78 Å². The Hall–Kier alpha value is -0.610. The first kappa shape index (κ1) is 9.48. The van der Waals surface area contributed by atoms with Gasteiger partial charge < -0.3 is 5.11 Å². The van der Waals surface area contributed by atoms with Crippen molar-refractivity contribution >= 4 is 23.2 Å². The molecule has 1 rings (SSSR count). The minimum atomic E-state index is -2.80. The first-order valence-corrected chi connectivity index (χ1v) is 3.61. The lowest BCUT2D eigenvalue weighted by atomic mass is 10.3. The summed E-state index contributed by atoms with van der Waals surface area (Å²) in [7, 11) is 0. The Morgan fingerprint density at radius 1 is 1.42 bits per heavy atom. The Morgan fingerprint density at radius 2 is 2.00 bits per heavy atom. The van der Waals surface area contributed by atoms with Crippen LogP contribution in [0.25, 0.3) is 0 Å². The maximum atomic E-state index is 12.1. The number of pyridine rings is 1.